The second-order valence-corrected chi connectivity index (χ2v) is 14.2. The van der Waals surface area contributed by atoms with Crippen molar-refractivity contribution in [2.24, 2.45) is 0 Å². The molecule has 7 nitrogen and oxygen atoms in total. The molecule has 0 aromatic heterocycles. The third kappa shape index (κ3) is 18.2. The van der Waals surface area contributed by atoms with E-state index in [-0.39, 0.29) is 30.5 Å². The quantitative estimate of drug-likeness (QED) is 0.0548. The number of aliphatic hydroxyl groups excluding tert-OH is 3. The predicted octanol–water partition coefficient (Wildman–Crippen LogP) is 6.41. The first kappa shape index (κ1) is 53.7. The molecule has 278 valence electrons. The first-order valence-electron chi connectivity index (χ1n) is 12.3. The van der Waals surface area contributed by atoms with E-state index in [1.807, 2.05) is 0 Å². The molecule has 1 rings (SSSR count). The number of carbonyl (C=O) groups is 2. The van der Waals surface area contributed by atoms with Crippen LogP contribution in [0, 0.1) is 0 Å². The van der Waals surface area contributed by atoms with Crippen molar-refractivity contribution in [3.8, 4) is 0 Å². The summed E-state index contributed by atoms with van der Waals surface area (Å²) >= 11 is 8.68. The fraction of sp³-hybridized carbons (Fsp3) is 0.909. The zero-order valence-electron chi connectivity index (χ0n) is 25.4. The van der Waals surface area contributed by atoms with Crippen molar-refractivity contribution >= 4 is 68.3 Å². The van der Waals surface area contributed by atoms with Gasteiger partial charge in [0, 0.05) is 39.1 Å². The van der Waals surface area contributed by atoms with Gasteiger partial charge in [0.05, 0.1) is 5.60 Å². The molecule has 0 bridgehead atoms. The van der Waals surface area contributed by atoms with Gasteiger partial charge in [0.25, 0.3) is 0 Å². The molecule has 1 atom stereocenters. The van der Waals surface area contributed by atoms with Crippen molar-refractivity contribution in [1.29, 1.82) is 1.28 Å². The number of hydrogen-bond acceptors (Lipinski definition) is 7. The average molecular weight is 1090 g/mol. The van der Waals surface area contributed by atoms with Gasteiger partial charge in [-0.2, -0.15) is 62.5 Å². The molecule has 1 heterocycles. The Morgan fingerprint density at radius 2 is 0.957 bits per heavy atom. The van der Waals surface area contributed by atoms with Crippen LogP contribution in [0.3, 0.4) is 0 Å². The Balaban J connectivity index is -0.000000180. The molecule has 0 radical (unpaired) electrons. The van der Waals surface area contributed by atoms with Gasteiger partial charge >= 0.3 is 41.5 Å². The smallest absolute Gasteiger partial charge is 0.377 e. The molecule has 1 aliphatic rings. The second-order valence-electron chi connectivity index (χ2n) is 9.56. The number of alkyl halides is 14. The molecule has 1 saturated heterocycles. The molecular formula is C22H34Br3F12HfO7P. The van der Waals surface area contributed by atoms with E-state index < -0.39 is 76.6 Å². The molecule has 1 aliphatic heterocycles. The minimum Gasteiger partial charge on any atom is -0.458 e. The van der Waals surface area contributed by atoms with Crippen molar-refractivity contribution < 1.29 is 113 Å². The van der Waals surface area contributed by atoms with Gasteiger partial charge in [0.1, 0.15) is 24.1 Å². The van der Waals surface area contributed by atoms with Crippen LogP contribution in [0.5, 0.6) is 0 Å². The van der Waals surface area contributed by atoms with Gasteiger partial charge in [-0.3, -0.25) is 9.59 Å². The monoisotopic (exact) mass is 1090 g/mol. The molecule has 0 aromatic rings. The van der Waals surface area contributed by atoms with Gasteiger partial charge in [-0.1, -0.05) is 31.9 Å². The second kappa shape index (κ2) is 22.0. The summed E-state index contributed by atoms with van der Waals surface area (Å²) in [6, 6.07) is 0. The Morgan fingerprint density at radius 1 is 0.696 bits per heavy atom. The summed E-state index contributed by atoms with van der Waals surface area (Å²) in [7, 11) is 1.67. The molecule has 3 N–H and O–H groups in total. The molecule has 24 heteroatoms. The van der Waals surface area contributed by atoms with Crippen LogP contribution in [0.1, 0.15) is 40.5 Å². The van der Waals surface area contributed by atoms with E-state index in [1.54, 1.807) is 23.7 Å². The van der Waals surface area contributed by atoms with Crippen molar-refractivity contribution in [2.75, 3.05) is 39.6 Å². The number of rotatable bonds is 11. The predicted molar refractivity (Wildman–Crippen MR) is 153 cm³/mol. The largest absolute Gasteiger partial charge is 0.458 e. The van der Waals surface area contributed by atoms with Crippen molar-refractivity contribution in [2.45, 2.75) is 84.7 Å². The Bertz CT molecular complexity index is 873. The summed E-state index contributed by atoms with van der Waals surface area (Å²) in [5.41, 5.74) is 0. The van der Waals surface area contributed by atoms with E-state index in [1.165, 1.54) is 26.7 Å². The van der Waals surface area contributed by atoms with Crippen LogP contribution in [-0.4, -0.2) is 111 Å². The molecule has 0 saturated carbocycles. The third-order valence-electron chi connectivity index (χ3n) is 4.60. The summed E-state index contributed by atoms with van der Waals surface area (Å²) in [6.45, 7) is -1.60. The van der Waals surface area contributed by atoms with Crippen LogP contribution in [-0.2, 0) is 44.9 Å². The molecule has 46 heavy (non-hydrogen) atoms. The van der Waals surface area contributed by atoms with Crippen molar-refractivity contribution in [1.82, 2.24) is 0 Å². The summed E-state index contributed by atoms with van der Waals surface area (Å²) < 4.78 is 162. The van der Waals surface area contributed by atoms with Crippen molar-refractivity contribution in [3.63, 3.8) is 0 Å². The van der Waals surface area contributed by atoms with Crippen LogP contribution in [0.2, 0.25) is 0 Å². The van der Waals surface area contributed by atoms with E-state index in [9.17, 15) is 62.3 Å². The normalized spacial score (nSPS) is 14.6. The maximum absolute atomic E-state index is 13.0. The van der Waals surface area contributed by atoms with Crippen LogP contribution in [0.25, 0.3) is 0 Å². The fourth-order valence-electron chi connectivity index (χ4n) is 1.76. The molecule has 1 unspecified atom stereocenters. The van der Waals surface area contributed by atoms with E-state index in [0.29, 0.717) is 0 Å². The van der Waals surface area contributed by atoms with Gasteiger partial charge in [-0.25, -0.2) is 0 Å². The first-order valence-corrected chi connectivity index (χ1v) is 14.1. The van der Waals surface area contributed by atoms with Gasteiger partial charge in [0.15, 0.2) is 6.61 Å². The van der Waals surface area contributed by atoms with Crippen LogP contribution in [0.4, 0.5) is 52.7 Å². The summed E-state index contributed by atoms with van der Waals surface area (Å²) in [4.78, 5) is 21.4. The van der Waals surface area contributed by atoms with E-state index in [0.717, 1.165) is 13.2 Å². The van der Waals surface area contributed by atoms with Crippen LogP contribution >= 0.6 is 57.6 Å². The fourth-order valence-corrected chi connectivity index (χ4v) is 1.88. The molecule has 1 fully saturated rings. The maximum Gasteiger partial charge on any atom is 0.377 e. The average Bonchev–Trinajstić information content (AvgIpc) is 3.52. The third-order valence-corrected chi connectivity index (χ3v) is 6.81. The molecule has 0 aromatic carbocycles. The number of esters is 1. The summed E-state index contributed by atoms with van der Waals surface area (Å²) in [5.74, 6) is -34.1. The van der Waals surface area contributed by atoms with Gasteiger partial charge in [-0.15, -0.1) is 0 Å². The topological polar surface area (TPSA) is 113 Å². The van der Waals surface area contributed by atoms with E-state index >= 15 is 0 Å². The Labute approximate surface area is 305 Å². The Kier molecular flexibility index (Phi) is 25.6. The first-order chi connectivity index (χ1) is 20.3. The van der Waals surface area contributed by atoms with Gasteiger partial charge < -0.3 is 24.8 Å². The minimum atomic E-state index is -5.86. The van der Waals surface area contributed by atoms with Crippen LogP contribution < -0.4 is 0 Å². The number of ether oxygens (including phenoxy) is 2. The van der Waals surface area contributed by atoms with Crippen LogP contribution in [0.15, 0.2) is 0 Å². The molecule has 0 spiro atoms. The SMILES string of the molecule is C1CCOC1.CC(C)(Br)C(=O)Br.CC(C)(Br)C(=O)OCC(F)(F)C(F)(F)C(F)(F)CO.OCC(F)(F)C(F)(F)C(F)(F)CO.[2H]P.[Hf]. The zero-order chi connectivity index (χ0) is 38.2. The van der Waals surface area contributed by atoms with Gasteiger partial charge in [0.2, 0.25) is 4.69 Å². The molecular weight excluding hydrogens is 1050 g/mol. The number of halogens is 15. The Morgan fingerprint density at radius 3 is 1.13 bits per heavy atom. The minimum absolute atomic E-state index is 0. The van der Waals surface area contributed by atoms with E-state index in [2.05, 4.69) is 52.5 Å². The number of carbonyl (C=O) groups excluding carboxylic acids is 2. The Hall–Kier alpha value is 0.880. The standard InChI is InChI=1S/C9H11BrF6O3.C5H6F6O2.C4H6Br2O.C4H8O.Hf.H3P/c1-6(2,10)5(18)19-4-8(13,14)9(15,16)7(11,12)3-17;6-3(7,1-12)5(10,11)4(8,9)2-13;1-4(2,6)3(5)7;1-2-4-5-3-1;;/h17H,3-4H2,1-2H3;12-13H,1-2H2;1-2H3;1-4H2;;1H3/i;;;;;1D. The van der Waals surface area contributed by atoms with E-state index in [4.69, 9.17) is 21.3 Å². The summed E-state index contributed by atoms with van der Waals surface area (Å²) in [6.07, 6.45) is 2.56. The number of aliphatic hydroxyl groups is 3. The van der Waals surface area contributed by atoms with Gasteiger partial charge in [-0.05, 0) is 56.5 Å². The number of hydrogen-bond donors (Lipinski definition) is 3. The van der Waals surface area contributed by atoms with Crippen molar-refractivity contribution in [3.05, 3.63) is 0 Å². The zero-order valence-corrected chi connectivity index (χ0v) is 33.9. The maximum atomic E-state index is 13.0. The molecule has 0 aliphatic carbocycles. The summed E-state index contributed by atoms with van der Waals surface area (Å²) in [5, 5.41) is 23.5. The molecule has 0 amide bonds.